The smallest absolute Gasteiger partial charge is 0.257 e. The number of rotatable bonds is 5. The van der Waals surface area contributed by atoms with E-state index in [0.717, 1.165) is 24.2 Å². The van der Waals surface area contributed by atoms with Crippen molar-refractivity contribution in [3.63, 3.8) is 0 Å². The number of amides is 1. The maximum absolute atomic E-state index is 13.9. The number of nitrogens with two attached hydrogens (primary N) is 1. The normalized spacial score (nSPS) is 13.6. The lowest BCUT2D eigenvalue weighted by atomic mass is 10.1. The van der Waals surface area contributed by atoms with Crippen LogP contribution in [0.25, 0.3) is 5.69 Å². The maximum atomic E-state index is 13.9. The summed E-state index contributed by atoms with van der Waals surface area (Å²) in [6.07, 6.45) is 5.14. The van der Waals surface area contributed by atoms with Crippen LogP contribution >= 0.6 is 0 Å². The molecule has 0 saturated heterocycles. The highest BCUT2D eigenvalue weighted by molar-refractivity contribution is 6.05. The largest absolute Gasteiger partial charge is 0.325 e. The number of anilines is 1. The Kier molecular flexibility index (Phi) is 4.22. The van der Waals surface area contributed by atoms with Gasteiger partial charge in [-0.2, -0.15) is 5.10 Å². The molecule has 2 aromatic heterocycles. The molecule has 3 N–H and O–H groups in total. The van der Waals surface area contributed by atoms with Gasteiger partial charge in [0.05, 0.1) is 35.0 Å². The van der Waals surface area contributed by atoms with Crippen LogP contribution in [0, 0.1) is 5.82 Å². The van der Waals surface area contributed by atoms with Crippen LogP contribution < -0.4 is 11.1 Å². The van der Waals surface area contributed by atoms with Crippen molar-refractivity contribution in [2.45, 2.75) is 25.3 Å². The number of nitrogens with zero attached hydrogens (tertiary/aromatic N) is 3. The first kappa shape index (κ1) is 16.4. The minimum Gasteiger partial charge on any atom is -0.325 e. The second-order valence-electron chi connectivity index (χ2n) is 6.29. The second-order valence-corrected chi connectivity index (χ2v) is 6.29. The Balaban J connectivity index is 1.57. The summed E-state index contributed by atoms with van der Waals surface area (Å²) in [6.45, 7) is 0.344. The van der Waals surface area contributed by atoms with Crippen molar-refractivity contribution in [3.05, 3.63) is 71.6 Å². The molecule has 1 saturated carbocycles. The molecule has 1 amide bonds. The Morgan fingerprint density at radius 2 is 2.08 bits per heavy atom. The molecule has 6 nitrogen and oxygen atoms in total. The Labute approximate surface area is 149 Å². The molecule has 1 aromatic carbocycles. The maximum Gasteiger partial charge on any atom is 0.257 e. The summed E-state index contributed by atoms with van der Waals surface area (Å²) in [6, 6.07) is 9.85. The summed E-state index contributed by atoms with van der Waals surface area (Å²) in [5, 5.41) is 6.93. The van der Waals surface area contributed by atoms with Gasteiger partial charge in [-0.15, -0.1) is 0 Å². The molecule has 0 unspecified atom stereocenters. The highest BCUT2D eigenvalue weighted by Gasteiger charge is 2.30. The molecule has 1 aliphatic carbocycles. The highest BCUT2D eigenvalue weighted by Crippen LogP contribution is 2.40. The number of benzene rings is 1. The molecule has 4 rings (SSSR count). The summed E-state index contributed by atoms with van der Waals surface area (Å²) in [7, 11) is 0. The Morgan fingerprint density at radius 1 is 1.27 bits per heavy atom. The van der Waals surface area contributed by atoms with Crippen molar-refractivity contribution in [2.75, 3.05) is 5.32 Å². The van der Waals surface area contributed by atoms with E-state index in [0.29, 0.717) is 29.4 Å². The molecule has 0 spiro atoms. The number of halogens is 1. The number of para-hydroxylation sites is 1. The van der Waals surface area contributed by atoms with Crippen LogP contribution in [-0.2, 0) is 6.54 Å². The summed E-state index contributed by atoms with van der Waals surface area (Å²) in [5.41, 5.74) is 8.58. The van der Waals surface area contributed by atoms with E-state index in [-0.39, 0.29) is 11.7 Å². The van der Waals surface area contributed by atoms with Crippen LogP contribution in [0.4, 0.5) is 10.1 Å². The molecule has 26 heavy (non-hydrogen) atoms. The van der Waals surface area contributed by atoms with Gasteiger partial charge in [-0.1, -0.05) is 12.1 Å². The van der Waals surface area contributed by atoms with Crippen LogP contribution in [0.3, 0.4) is 0 Å². The Bertz CT molecular complexity index is 964. The average molecular weight is 351 g/mol. The van der Waals surface area contributed by atoms with E-state index in [9.17, 15) is 9.18 Å². The topological polar surface area (TPSA) is 85.8 Å². The van der Waals surface area contributed by atoms with Crippen molar-refractivity contribution in [1.82, 2.24) is 14.8 Å². The Morgan fingerprint density at radius 3 is 2.81 bits per heavy atom. The summed E-state index contributed by atoms with van der Waals surface area (Å²) < 4.78 is 15.3. The first-order valence-electron chi connectivity index (χ1n) is 8.46. The molecule has 7 heteroatoms. The second kappa shape index (κ2) is 6.68. The monoisotopic (exact) mass is 351 g/mol. The van der Waals surface area contributed by atoms with Crippen LogP contribution in [-0.4, -0.2) is 20.7 Å². The number of carbonyl (C=O) groups excluding carboxylic acids is 1. The lowest BCUT2D eigenvalue weighted by molar-refractivity contribution is 0.102. The van der Waals surface area contributed by atoms with Gasteiger partial charge in [0.15, 0.2) is 0 Å². The lowest BCUT2D eigenvalue weighted by Gasteiger charge is -2.09. The van der Waals surface area contributed by atoms with Crippen molar-refractivity contribution in [1.29, 1.82) is 0 Å². The van der Waals surface area contributed by atoms with E-state index in [2.05, 4.69) is 15.4 Å². The number of aromatic nitrogens is 3. The van der Waals surface area contributed by atoms with Gasteiger partial charge in [0.25, 0.3) is 5.91 Å². The van der Waals surface area contributed by atoms with Crippen molar-refractivity contribution >= 4 is 11.6 Å². The zero-order valence-electron chi connectivity index (χ0n) is 14.0. The van der Waals surface area contributed by atoms with Gasteiger partial charge in [0.2, 0.25) is 0 Å². The molecule has 3 aromatic rings. The van der Waals surface area contributed by atoms with E-state index < -0.39 is 0 Å². The van der Waals surface area contributed by atoms with Gasteiger partial charge in [0.1, 0.15) is 11.5 Å². The van der Waals surface area contributed by atoms with Gasteiger partial charge < -0.3 is 11.1 Å². The van der Waals surface area contributed by atoms with Crippen LogP contribution in [0.5, 0.6) is 0 Å². The van der Waals surface area contributed by atoms with E-state index in [1.54, 1.807) is 36.5 Å². The highest BCUT2D eigenvalue weighted by atomic mass is 19.1. The first-order chi connectivity index (χ1) is 12.7. The lowest BCUT2D eigenvalue weighted by Crippen LogP contribution is -2.16. The minimum atomic E-state index is -0.383. The third-order valence-electron chi connectivity index (χ3n) is 4.34. The average Bonchev–Trinajstić information content (AvgIpc) is 3.41. The number of pyridine rings is 1. The predicted molar refractivity (Wildman–Crippen MR) is 95.6 cm³/mol. The standard InChI is InChI=1S/C19H18FN5O/c20-16-3-1-2-4-17(16)25-11-14(10-22-25)24-19(26)15-8-7-13(9-21)23-18(15)12-5-6-12/h1-4,7-8,10-12H,5-6,9,21H2,(H,24,26). The number of carbonyl (C=O) groups is 1. The molecule has 0 atom stereocenters. The van der Waals surface area contributed by atoms with E-state index in [4.69, 9.17) is 5.73 Å². The minimum absolute atomic E-state index is 0.254. The van der Waals surface area contributed by atoms with Gasteiger partial charge in [-0.3, -0.25) is 9.78 Å². The van der Waals surface area contributed by atoms with Crippen LogP contribution in [0.15, 0.2) is 48.8 Å². The molecule has 2 heterocycles. The molecule has 1 aliphatic rings. The van der Waals surface area contributed by atoms with E-state index in [1.165, 1.54) is 16.9 Å². The molecule has 0 aliphatic heterocycles. The van der Waals surface area contributed by atoms with Crippen molar-refractivity contribution in [3.8, 4) is 5.69 Å². The zero-order valence-corrected chi connectivity index (χ0v) is 14.0. The molecule has 1 fully saturated rings. The molecule has 132 valence electrons. The van der Waals surface area contributed by atoms with Crippen molar-refractivity contribution in [2.24, 2.45) is 5.73 Å². The third-order valence-corrected chi connectivity index (χ3v) is 4.34. The third kappa shape index (κ3) is 3.21. The summed E-state index contributed by atoms with van der Waals surface area (Å²) in [5.74, 6) is -0.314. The quantitative estimate of drug-likeness (QED) is 0.740. The molecule has 0 radical (unpaired) electrons. The molecular formula is C19H18FN5O. The zero-order chi connectivity index (χ0) is 18.1. The van der Waals surface area contributed by atoms with E-state index >= 15 is 0 Å². The fourth-order valence-electron chi connectivity index (χ4n) is 2.85. The van der Waals surface area contributed by atoms with Gasteiger partial charge in [0, 0.05) is 12.5 Å². The van der Waals surface area contributed by atoms with Crippen molar-refractivity contribution < 1.29 is 9.18 Å². The van der Waals surface area contributed by atoms with Gasteiger partial charge in [-0.05, 0) is 37.1 Å². The SMILES string of the molecule is NCc1ccc(C(=O)Nc2cnn(-c3ccccc3F)c2)c(C2CC2)n1. The van der Waals surface area contributed by atoms with Gasteiger partial charge >= 0.3 is 0 Å². The fourth-order valence-corrected chi connectivity index (χ4v) is 2.85. The van der Waals surface area contributed by atoms with Crippen LogP contribution in [0.1, 0.15) is 40.5 Å². The summed E-state index contributed by atoms with van der Waals surface area (Å²) in [4.78, 5) is 17.2. The Hall–Kier alpha value is -3.06. The van der Waals surface area contributed by atoms with Gasteiger partial charge in [-0.25, -0.2) is 9.07 Å². The first-order valence-corrected chi connectivity index (χ1v) is 8.46. The molecular weight excluding hydrogens is 333 g/mol. The number of nitrogens with one attached hydrogen (secondary N) is 1. The molecule has 0 bridgehead atoms. The van der Waals surface area contributed by atoms with Crippen LogP contribution in [0.2, 0.25) is 0 Å². The number of hydrogen-bond donors (Lipinski definition) is 2. The number of hydrogen-bond acceptors (Lipinski definition) is 4. The summed E-state index contributed by atoms with van der Waals surface area (Å²) >= 11 is 0. The predicted octanol–water partition coefficient (Wildman–Crippen LogP) is 2.99. The van der Waals surface area contributed by atoms with E-state index in [1.807, 2.05) is 0 Å². The fraction of sp³-hybridized carbons (Fsp3) is 0.211.